The molecule has 8 heteroatoms. The fraction of sp³-hybridized carbons (Fsp3) is 0.538. The van der Waals surface area contributed by atoms with E-state index < -0.39 is 16.4 Å². The Morgan fingerprint density at radius 3 is 2.57 bits per heavy atom. The zero-order valence-corrected chi connectivity index (χ0v) is 12.8. The number of hydrogen-bond donors (Lipinski definition) is 1. The first-order valence-corrected chi connectivity index (χ1v) is 8.23. The van der Waals surface area contributed by atoms with Crippen molar-refractivity contribution in [1.29, 1.82) is 0 Å². The lowest BCUT2D eigenvalue weighted by Gasteiger charge is -2.12. The molecule has 0 saturated heterocycles. The first-order chi connectivity index (χ1) is 9.88. The first-order valence-electron chi connectivity index (χ1n) is 6.41. The van der Waals surface area contributed by atoms with Crippen LogP contribution in [0.15, 0.2) is 18.2 Å². The van der Waals surface area contributed by atoms with E-state index in [0.29, 0.717) is 18.7 Å². The van der Waals surface area contributed by atoms with Gasteiger partial charge in [-0.25, -0.2) is 8.42 Å². The SMILES string of the molecule is CCS(=O)(=O)CCNCc1ccc(OC)c(OC(F)F)c1. The summed E-state index contributed by atoms with van der Waals surface area (Å²) in [4.78, 5) is 0. The van der Waals surface area contributed by atoms with Gasteiger partial charge in [0.1, 0.15) is 0 Å². The number of hydrogen-bond acceptors (Lipinski definition) is 5. The number of nitrogens with one attached hydrogen (secondary N) is 1. The molecule has 0 aliphatic rings. The molecule has 0 spiro atoms. The van der Waals surface area contributed by atoms with Crippen LogP contribution in [0.1, 0.15) is 12.5 Å². The number of halogens is 2. The molecule has 0 atom stereocenters. The van der Waals surface area contributed by atoms with Crippen LogP contribution in [0, 0.1) is 0 Å². The third kappa shape index (κ3) is 6.26. The second-order valence-electron chi connectivity index (χ2n) is 4.28. The molecule has 0 heterocycles. The van der Waals surface area contributed by atoms with Gasteiger partial charge in [-0.1, -0.05) is 13.0 Å². The van der Waals surface area contributed by atoms with E-state index in [1.54, 1.807) is 13.0 Å². The van der Waals surface area contributed by atoms with E-state index in [1.807, 2.05) is 0 Å². The molecule has 21 heavy (non-hydrogen) atoms. The molecule has 0 aliphatic carbocycles. The van der Waals surface area contributed by atoms with Gasteiger partial charge >= 0.3 is 6.61 Å². The maximum Gasteiger partial charge on any atom is 0.387 e. The highest BCUT2D eigenvalue weighted by atomic mass is 32.2. The van der Waals surface area contributed by atoms with Crippen LogP contribution >= 0.6 is 0 Å². The Balaban J connectivity index is 2.59. The second-order valence-corrected chi connectivity index (χ2v) is 6.75. The minimum absolute atomic E-state index is 0.0417. The smallest absolute Gasteiger partial charge is 0.387 e. The van der Waals surface area contributed by atoms with Crippen LogP contribution in [0.5, 0.6) is 11.5 Å². The van der Waals surface area contributed by atoms with E-state index in [2.05, 4.69) is 10.1 Å². The average Bonchev–Trinajstić information content (AvgIpc) is 2.43. The molecule has 0 unspecified atom stereocenters. The predicted molar refractivity (Wildman–Crippen MR) is 75.7 cm³/mol. The third-order valence-electron chi connectivity index (χ3n) is 2.80. The molecule has 0 aliphatic heterocycles. The zero-order valence-electron chi connectivity index (χ0n) is 11.9. The highest BCUT2D eigenvalue weighted by Gasteiger charge is 2.11. The average molecular weight is 323 g/mol. The largest absolute Gasteiger partial charge is 0.493 e. The molecule has 0 bridgehead atoms. The van der Waals surface area contributed by atoms with Crippen LogP contribution in [-0.2, 0) is 16.4 Å². The number of alkyl halides is 2. The Bertz CT molecular complexity index is 549. The summed E-state index contributed by atoms with van der Waals surface area (Å²) in [5.41, 5.74) is 0.695. The molecule has 1 N–H and O–H groups in total. The van der Waals surface area contributed by atoms with Gasteiger partial charge in [-0.05, 0) is 17.7 Å². The lowest BCUT2D eigenvalue weighted by Crippen LogP contribution is -2.23. The fourth-order valence-electron chi connectivity index (χ4n) is 1.62. The molecule has 0 aromatic heterocycles. The van der Waals surface area contributed by atoms with Gasteiger partial charge < -0.3 is 14.8 Å². The summed E-state index contributed by atoms with van der Waals surface area (Å²) >= 11 is 0. The van der Waals surface area contributed by atoms with Crippen molar-refractivity contribution < 1.29 is 26.7 Å². The van der Waals surface area contributed by atoms with Gasteiger partial charge in [0.25, 0.3) is 0 Å². The first kappa shape index (κ1) is 17.6. The molecule has 1 aromatic carbocycles. The summed E-state index contributed by atoms with van der Waals surface area (Å²) in [6, 6.07) is 4.66. The van der Waals surface area contributed by atoms with Crippen LogP contribution in [0.25, 0.3) is 0 Å². The van der Waals surface area contributed by atoms with E-state index in [-0.39, 0.29) is 23.0 Å². The van der Waals surface area contributed by atoms with Crippen molar-refractivity contribution in [1.82, 2.24) is 5.32 Å². The van der Waals surface area contributed by atoms with E-state index in [4.69, 9.17) is 4.74 Å². The summed E-state index contributed by atoms with van der Waals surface area (Å²) in [5, 5.41) is 2.95. The van der Waals surface area contributed by atoms with Crippen molar-refractivity contribution in [2.24, 2.45) is 0 Å². The van der Waals surface area contributed by atoms with Crippen molar-refractivity contribution in [2.45, 2.75) is 20.1 Å². The molecular weight excluding hydrogens is 304 g/mol. The van der Waals surface area contributed by atoms with Gasteiger partial charge in [0, 0.05) is 18.8 Å². The monoisotopic (exact) mass is 323 g/mol. The minimum atomic E-state index is -3.02. The van der Waals surface area contributed by atoms with Crippen molar-refractivity contribution in [3.8, 4) is 11.5 Å². The molecule has 5 nitrogen and oxygen atoms in total. The quantitative estimate of drug-likeness (QED) is 0.702. The minimum Gasteiger partial charge on any atom is -0.493 e. The maximum absolute atomic E-state index is 12.3. The normalized spacial score (nSPS) is 11.7. The Kier molecular flexibility index (Phi) is 6.83. The zero-order chi connectivity index (χ0) is 15.9. The molecule has 1 rings (SSSR count). The summed E-state index contributed by atoms with van der Waals surface area (Å²) in [6.45, 7) is -0.695. The number of rotatable bonds is 9. The van der Waals surface area contributed by atoms with E-state index in [9.17, 15) is 17.2 Å². The van der Waals surface area contributed by atoms with Crippen LogP contribution in [0.4, 0.5) is 8.78 Å². The fourth-order valence-corrected chi connectivity index (χ4v) is 2.37. The number of methoxy groups -OCH3 is 1. The van der Waals surface area contributed by atoms with Gasteiger partial charge in [0.2, 0.25) is 0 Å². The van der Waals surface area contributed by atoms with Crippen LogP contribution in [-0.4, -0.2) is 40.2 Å². The molecule has 0 amide bonds. The Hall–Kier alpha value is -1.41. The molecule has 0 saturated carbocycles. The third-order valence-corrected chi connectivity index (χ3v) is 4.51. The number of sulfone groups is 1. The Morgan fingerprint density at radius 1 is 1.29 bits per heavy atom. The molecular formula is C13H19F2NO4S. The number of ether oxygens (including phenoxy) is 2. The van der Waals surface area contributed by atoms with Crippen LogP contribution in [0.2, 0.25) is 0 Å². The Morgan fingerprint density at radius 2 is 2.00 bits per heavy atom. The standard InChI is InChI=1S/C13H19F2NO4S/c1-3-21(17,18)7-6-16-9-10-4-5-11(19-2)12(8-10)20-13(14)15/h4-5,8,13,16H,3,6-7,9H2,1-2H3. The van der Waals surface area contributed by atoms with Crippen molar-refractivity contribution in [3.63, 3.8) is 0 Å². The van der Waals surface area contributed by atoms with Crippen molar-refractivity contribution >= 4 is 9.84 Å². The van der Waals surface area contributed by atoms with E-state index in [1.165, 1.54) is 19.2 Å². The molecule has 1 aromatic rings. The number of benzene rings is 1. The summed E-state index contributed by atoms with van der Waals surface area (Å²) in [5.74, 6) is 0.310. The van der Waals surface area contributed by atoms with Gasteiger partial charge in [-0.2, -0.15) is 8.78 Å². The highest BCUT2D eigenvalue weighted by Crippen LogP contribution is 2.29. The second kappa shape index (κ2) is 8.14. The molecule has 0 fully saturated rings. The lowest BCUT2D eigenvalue weighted by atomic mass is 10.2. The summed E-state index contributed by atoms with van der Waals surface area (Å²) < 4.78 is 56.5. The van der Waals surface area contributed by atoms with Gasteiger partial charge in [-0.3, -0.25) is 0 Å². The van der Waals surface area contributed by atoms with Crippen LogP contribution < -0.4 is 14.8 Å². The van der Waals surface area contributed by atoms with Gasteiger partial charge in [0.05, 0.1) is 12.9 Å². The highest BCUT2D eigenvalue weighted by molar-refractivity contribution is 7.91. The predicted octanol–water partition coefficient (Wildman–Crippen LogP) is 1.82. The van der Waals surface area contributed by atoms with Gasteiger partial charge in [0.15, 0.2) is 21.3 Å². The van der Waals surface area contributed by atoms with Crippen molar-refractivity contribution in [2.75, 3.05) is 25.2 Å². The molecule has 120 valence electrons. The summed E-state index contributed by atoms with van der Waals surface area (Å²) in [6.07, 6.45) is 0. The molecule has 0 radical (unpaired) electrons. The van der Waals surface area contributed by atoms with Crippen LogP contribution in [0.3, 0.4) is 0 Å². The lowest BCUT2D eigenvalue weighted by molar-refractivity contribution is -0.0512. The van der Waals surface area contributed by atoms with E-state index in [0.717, 1.165) is 0 Å². The maximum atomic E-state index is 12.3. The van der Waals surface area contributed by atoms with E-state index >= 15 is 0 Å². The van der Waals surface area contributed by atoms with Gasteiger partial charge in [-0.15, -0.1) is 0 Å². The topological polar surface area (TPSA) is 64.6 Å². The summed E-state index contributed by atoms with van der Waals surface area (Å²) in [7, 11) is -1.65. The van der Waals surface area contributed by atoms with Crippen molar-refractivity contribution in [3.05, 3.63) is 23.8 Å². The Labute approximate surface area is 123 Å².